The fourth-order valence-electron chi connectivity index (χ4n) is 1.98. The van der Waals surface area contributed by atoms with Crippen LogP contribution in [0.2, 0.25) is 0 Å². The highest BCUT2D eigenvalue weighted by atomic mass is 16.4. The van der Waals surface area contributed by atoms with E-state index in [0.29, 0.717) is 0 Å². The number of aliphatic carboxylic acids is 1. The zero-order chi connectivity index (χ0) is 14.5. The molecule has 2 unspecified atom stereocenters. The van der Waals surface area contributed by atoms with Gasteiger partial charge in [0.15, 0.2) is 0 Å². The molecule has 1 fully saturated rings. The second kappa shape index (κ2) is 6.75. The number of aliphatic hydroxyl groups is 1. The molecule has 1 rings (SSSR count). The molecule has 1 saturated carbocycles. The summed E-state index contributed by atoms with van der Waals surface area (Å²) in [6.07, 6.45) is 3.96. The first-order valence-electron chi connectivity index (χ1n) is 6.81. The van der Waals surface area contributed by atoms with E-state index in [1.165, 1.54) is 19.8 Å². The van der Waals surface area contributed by atoms with Crippen molar-refractivity contribution in [2.45, 2.75) is 57.6 Å². The summed E-state index contributed by atoms with van der Waals surface area (Å²) in [6, 6.07) is -0.199. The number of urea groups is 1. The van der Waals surface area contributed by atoms with Crippen molar-refractivity contribution in [3.05, 3.63) is 0 Å². The van der Waals surface area contributed by atoms with Gasteiger partial charge in [0.2, 0.25) is 0 Å². The van der Waals surface area contributed by atoms with Gasteiger partial charge < -0.3 is 20.8 Å². The number of carbonyl (C=O) groups is 2. The minimum atomic E-state index is -1.43. The Bertz CT molecular complexity index is 327. The highest BCUT2D eigenvalue weighted by molar-refractivity contribution is 5.74. The molecule has 6 nitrogen and oxygen atoms in total. The van der Waals surface area contributed by atoms with E-state index < -0.39 is 18.0 Å². The molecule has 19 heavy (non-hydrogen) atoms. The van der Waals surface area contributed by atoms with Crippen LogP contribution in [0, 0.1) is 5.92 Å². The lowest BCUT2D eigenvalue weighted by atomic mass is 10.0. The van der Waals surface area contributed by atoms with Crippen LogP contribution in [-0.4, -0.2) is 40.4 Å². The number of nitrogens with one attached hydrogen (secondary N) is 2. The highest BCUT2D eigenvalue weighted by Crippen LogP contribution is 2.33. The van der Waals surface area contributed by atoms with Crippen LogP contribution in [0.3, 0.4) is 0 Å². The number of hydrogen-bond acceptors (Lipinski definition) is 3. The van der Waals surface area contributed by atoms with Crippen molar-refractivity contribution in [3.8, 4) is 0 Å². The van der Waals surface area contributed by atoms with Crippen molar-refractivity contribution in [3.63, 3.8) is 0 Å². The van der Waals surface area contributed by atoms with Crippen LogP contribution in [0.25, 0.3) is 0 Å². The van der Waals surface area contributed by atoms with E-state index in [4.69, 9.17) is 5.11 Å². The van der Waals surface area contributed by atoms with Crippen LogP contribution >= 0.6 is 0 Å². The van der Waals surface area contributed by atoms with Crippen LogP contribution in [0.15, 0.2) is 0 Å². The molecule has 1 aliphatic carbocycles. The minimum absolute atomic E-state index is 0.0784. The van der Waals surface area contributed by atoms with Crippen molar-refractivity contribution in [2.24, 2.45) is 5.92 Å². The first kappa shape index (κ1) is 15.8. The lowest BCUT2D eigenvalue weighted by Gasteiger charge is -2.23. The maximum atomic E-state index is 11.7. The highest BCUT2D eigenvalue weighted by Gasteiger charge is 2.27. The quantitative estimate of drug-likeness (QED) is 0.531. The van der Waals surface area contributed by atoms with Gasteiger partial charge in [-0.3, -0.25) is 4.79 Å². The first-order valence-corrected chi connectivity index (χ1v) is 6.81. The van der Waals surface area contributed by atoms with Crippen molar-refractivity contribution in [2.75, 3.05) is 6.54 Å². The third-order valence-electron chi connectivity index (χ3n) is 3.30. The molecule has 1 aliphatic rings. The van der Waals surface area contributed by atoms with Gasteiger partial charge >= 0.3 is 12.0 Å². The number of rotatable bonds is 8. The Morgan fingerprint density at radius 1 is 1.42 bits per heavy atom. The summed E-state index contributed by atoms with van der Waals surface area (Å²) in [6.45, 7) is 3.34. The van der Waals surface area contributed by atoms with E-state index in [-0.39, 0.29) is 18.6 Å². The maximum Gasteiger partial charge on any atom is 0.315 e. The van der Waals surface area contributed by atoms with Crippen molar-refractivity contribution >= 4 is 12.0 Å². The molecule has 0 aromatic heterocycles. The summed E-state index contributed by atoms with van der Waals surface area (Å²) in [5.41, 5.74) is -1.43. The van der Waals surface area contributed by atoms with Crippen molar-refractivity contribution in [1.29, 1.82) is 0 Å². The molecule has 2 amide bonds. The predicted molar refractivity (Wildman–Crippen MR) is 70.8 cm³/mol. The molecule has 4 N–H and O–H groups in total. The minimum Gasteiger partial charge on any atom is -0.481 e. The third kappa shape index (κ3) is 7.00. The molecule has 0 bridgehead atoms. The summed E-state index contributed by atoms with van der Waals surface area (Å²) in [4.78, 5) is 22.2. The van der Waals surface area contributed by atoms with Gasteiger partial charge in [0.05, 0.1) is 12.0 Å². The monoisotopic (exact) mass is 272 g/mol. The SMILES string of the molecule is CCC(CC1CC1)NC(=O)NCC(C)(O)CC(=O)O. The fourth-order valence-corrected chi connectivity index (χ4v) is 1.98. The van der Waals surface area contributed by atoms with Crippen molar-refractivity contribution in [1.82, 2.24) is 10.6 Å². The van der Waals surface area contributed by atoms with Crippen LogP contribution in [0.5, 0.6) is 0 Å². The smallest absolute Gasteiger partial charge is 0.315 e. The lowest BCUT2D eigenvalue weighted by Crippen LogP contribution is -2.48. The Balaban J connectivity index is 2.27. The lowest BCUT2D eigenvalue weighted by molar-refractivity contribution is -0.141. The van der Waals surface area contributed by atoms with E-state index in [1.807, 2.05) is 6.92 Å². The molecular weight excluding hydrogens is 248 g/mol. The van der Waals surface area contributed by atoms with E-state index in [9.17, 15) is 14.7 Å². The number of carbonyl (C=O) groups excluding carboxylic acids is 1. The van der Waals surface area contributed by atoms with Crippen molar-refractivity contribution < 1.29 is 19.8 Å². The largest absolute Gasteiger partial charge is 0.481 e. The average Bonchev–Trinajstić information content (AvgIpc) is 3.08. The molecule has 0 radical (unpaired) electrons. The molecule has 0 aromatic carbocycles. The number of carboxylic acid groups (broad SMARTS) is 1. The second-order valence-corrected chi connectivity index (χ2v) is 5.68. The molecule has 6 heteroatoms. The summed E-state index contributed by atoms with van der Waals surface area (Å²) >= 11 is 0. The van der Waals surface area contributed by atoms with Crippen LogP contribution < -0.4 is 10.6 Å². The zero-order valence-corrected chi connectivity index (χ0v) is 11.6. The topological polar surface area (TPSA) is 98.7 Å². The molecular formula is C13H24N2O4. The van der Waals surface area contributed by atoms with Gasteiger partial charge in [0, 0.05) is 12.6 Å². The average molecular weight is 272 g/mol. The van der Waals surface area contributed by atoms with Gasteiger partial charge in [-0.15, -0.1) is 0 Å². The van der Waals surface area contributed by atoms with Gasteiger partial charge in [-0.25, -0.2) is 4.79 Å². The van der Waals surface area contributed by atoms with E-state index in [0.717, 1.165) is 18.8 Å². The molecule has 0 aromatic rings. The predicted octanol–water partition coefficient (Wildman–Crippen LogP) is 1.09. The summed E-state index contributed by atoms with van der Waals surface area (Å²) in [5, 5.41) is 23.8. The normalized spacial score (nSPS) is 19.3. The zero-order valence-electron chi connectivity index (χ0n) is 11.6. The van der Waals surface area contributed by atoms with Crippen LogP contribution in [0.1, 0.15) is 46.0 Å². The molecule has 0 aliphatic heterocycles. The Morgan fingerprint density at radius 2 is 2.05 bits per heavy atom. The summed E-state index contributed by atoms with van der Waals surface area (Å²) in [5.74, 6) is -0.354. The van der Waals surface area contributed by atoms with Gasteiger partial charge in [-0.2, -0.15) is 0 Å². The van der Waals surface area contributed by atoms with E-state index >= 15 is 0 Å². The number of amides is 2. The Hall–Kier alpha value is -1.30. The van der Waals surface area contributed by atoms with Crippen LogP contribution in [-0.2, 0) is 4.79 Å². The van der Waals surface area contributed by atoms with E-state index in [1.54, 1.807) is 0 Å². The summed E-state index contributed by atoms with van der Waals surface area (Å²) < 4.78 is 0. The fraction of sp³-hybridized carbons (Fsp3) is 0.846. The molecule has 0 heterocycles. The summed E-state index contributed by atoms with van der Waals surface area (Å²) in [7, 11) is 0. The molecule has 0 saturated heterocycles. The van der Waals surface area contributed by atoms with Gasteiger partial charge in [0.25, 0.3) is 0 Å². The number of carboxylic acids is 1. The molecule has 0 spiro atoms. The Kier molecular flexibility index (Phi) is 5.60. The second-order valence-electron chi connectivity index (χ2n) is 5.68. The van der Waals surface area contributed by atoms with Gasteiger partial charge in [-0.05, 0) is 25.7 Å². The Labute approximate surface area is 113 Å². The van der Waals surface area contributed by atoms with Gasteiger partial charge in [-0.1, -0.05) is 19.8 Å². The van der Waals surface area contributed by atoms with E-state index in [2.05, 4.69) is 10.6 Å². The van der Waals surface area contributed by atoms with Gasteiger partial charge in [0.1, 0.15) is 0 Å². The molecule has 110 valence electrons. The first-order chi connectivity index (χ1) is 8.82. The Morgan fingerprint density at radius 3 is 2.53 bits per heavy atom. The van der Waals surface area contributed by atoms with Crippen LogP contribution in [0.4, 0.5) is 4.79 Å². The third-order valence-corrected chi connectivity index (χ3v) is 3.30. The number of hydrogen-bond donors (Lipinski definition) is 4. The maximum absolute atomic E-state index is 11.7. The standard InChI is InChI=1S/C13H24N2O4/c1-3-10(6-9-4-5-9)15-12(18)14-8-13(2,19)7-11(16)17/h9-10,19H,3-8H2,1-2H3,(H,16,17)(H2,14,15,18). The molecule has 2 atom stereocenters.